The molecule has 0 aliphatic rings. The van der Waals surface area contributed by atoms with Crippen LogP contribution in [0.25, 0.3) is 11.1 Å². The lowest BCUT2D eigenvalue weighted by Gasteiger charge is -2.16. The number of unbranched alkanes of at least 4 members (excludes halogenated alkanes) is 4. The Morgan fingerprint density at radius 3 is 1.88 bits per heavy atom. The first-order valence-electron chi connectivity index (χ1n) is 9.80. The van der Waals surface area contributed by atoms with Gasteiger partial charge < -0.3 is 4.74 Å². The number of rotatable bonds is 9. The second-order valence-corrected chi connectivity index (χ2v) is 7.94. The summed E-state index contributed by atoms with van der Waals surface area (Å²) >= 11 is 0. The number of hydrogen-bond acceptors (Lipinski definition) is 2. The summed E-state index contributed by atoms with van der Waals surface area (Å²) in [5, 5.41) is 0. The quantitative estimate of drug-likeness (QED) is 0.361. The number of carbonyl (C=O) groups is 1. The van der Waals surface area contributed by atoms with E-state index in [1.807, 2.05) is 57.2 Å². The Bertz CT molecular complexity index is 676. The minimum atomic E-state index is -0.350. The van der Waals surface area contributed by atoms with Gasteiger partial charge in [0.25, 0.3) is 0 Å². The molecule has 26 heavy (non-hydrogen) atoms. The molecule has 0 radical (unpaired) electrons. The van der Waals surface area contributed by atoms with Crippen LogP contribution in [0.15, 0.2) is 48.5 Å². The SMILES string of the molecule is CCCCCCCOc1ccc(-c2ccc(C(=O)C(C)(C)C)cc2)cc1. The summed E-state index contributed by atoms with van der Waals surface area (Å²) in [6.45, 7) is 8.87. The van der Waals surface area contributed by atoms with E-state index in [-0.39, 0.29) is 11.2 Å². The van der Waals surface area contributed by atoms with Crippen LogP contribution >= 0.6 is 0 Å². The molecule has 0 spiro atoms. The van der Waals surface area contributed by atoms with E-state index in [0.717, 1.165) is 35.5 Å². The first-order chi connectivity index (χ1) is 12.4. The van der Waals surface area contributed by atoms with Gasteiger partial charge in [-0.3, -0.25) is 4.79 Å². The fourth-order valence-corrected chi connectivity index (χ4v) is 2.89. The number of hydrogen-bond donors (Lipinski definition) is 0. The number of carbonyl (C=O) groups excluding carboxylic acids is 1. The third kappa shape index (κ3) is 6.01. The fraction of sp³-hybridized carbons (Fsp3) is 0.458. The predicted molar refractivity (Wildman–Crippen MR) is 110 cm³/mol. The maximum atomic E-state index is 12.3. The number of benzene rings is 2. The second kappa shape index (κ2) is 9.56. The molecule has 140 valence electrons. The molecule has 0 N–H and O–H groups in total. The summed E-state index contributed by atoms with van der Waals surface area (Å²) < 4.78 is 5.82. The number of ketones is 1. The van der Waals surface area contributed by atoms with E-state index in [1.165, 1.54) is 25.7 Å². The van der Waals surface area contributed by atoms with Crippen LogP contribution in [0, 0.1) is 5.41 Å². The highest BCUT2D eigenvalue weighted by molar-refractivity contribution is 6.00. The van der Waals surface area contributed by atoms with E-state index in [2.05, 4.69) is 19.1 Å². The Balaban J connectivity index is 1.91. The van der Waals surface area contributed by atoms with Crippen LogP contribution in [0.4, 0.5) is 0 Å². The topological polar surface area (TPSA) is 26.3 Å². The van der Waals surface area contributed by atoms with Gasteiger partial charge in [-0.1, -0.05) is 89.8 Å². The third-order valence-electron chi connectivity index (χ3n) is 4.53. The lowest BCUT2D eigenvalue weighted by Crippen LogP contribution is -2.19. The van der Waals surface area contributed by atoms with E-state index in [0.29, 0.717) is 0 Å². The van der Waals surface area contributed by atoms with Crippen LogP contribution < -0.4 is 4.74 Å². The van der Waals surface area contributed by atoms with Crippen molar-refractivity contribution in [2.24, 2.45) is 5.41 Å². The molecule has 0 atom stereocenters. The van der Waals surface area contributed by atoms with Crippen molar-refractivity contribution < 1.29 is 9.53 Å². The molecule has 0 heterocycles. The van der Waals surface area contributed by atoms with Crippen molar-refractivity contribution in [2.45, 2.75) is 59.8 Å². The number of Topliss-reactive ketones (excluding diaryl/α,β-unsaturated/α-hetero) is 1. The molecule has 2 nitrogen and oxygen atoms in total. The lowest BCUT2D eigenvalue weighted by atomic mass is 9.86. The monoisotopic (exact) mass is 352 g/mol. The molecule has 0 unspecified atom stereocenters. The van der Waals surface area contributed by atoms with Crippen LogP contribution in [-0.4, -0.2) is 12.4 Å². The zero-order valence-electron chi connectivity index (χ0n) is 16.7. The molecular formula is C24H32O2. The molecule has 0 amide bonds. The van der Waals surface area contributed by atoms with Crippen molar-refractivity contribution >= 4 is 5.78 Å². The van der Waals surface area contributed by atoms with Crippen LogP contribution in [0.3, 0.4) is 0 Å². The molecule has 2 aromatic rings. The van der Waals surface area contributed by atoms with Crippen LogP contribution in [0.1, 0.15) is 70.2 Å². The van der Waals surface area contributed by atoms with Crippen molar-refractivity contribution in [2.75, 3.05) is 6.61 Å². The molecular weight excluding hydrogens is 320 g/mol. The summed E-state index contributed by atoms with van der Waals surface area (Å²) in [5.74, 6) is 1.09. The van der Waals surface area contributed by atoms with Gasteiger partial charge in [0.2, 0.25) is 0 Å². The average Bonchev–Trinajstić information content (AvgIpc) is 2.64. The van der Waals surface area contributed by atoms with Gasteiger partial charge in [-0.15, -0.1) is 0 Å². The Labute approximate surface area is 158 Å². The van der Waals surface area contributed by atoms with E-state index < -0.39 is 0 Å². The molecule has 2 aromatic carbocycles. The van der Waals surface area contributed by atoms with Crippen molar-refractivity contribution in [1.29, 1.82) is 0 Å². The van der Waals surface area contributed by atoms with Crippen molar-refractivity contribution in [3.05, 3.63) is 54.1 Å². The molecule has 0 saturated heterocycles. The number of ether oxygens (including phenoxy) is 1. The van der Waals surface area contributed by atoms with E-state index >= 15 is 0 Å². The maximum Gasteiger partial charge on any atom is 0.168 e. The smallest absolute Gasteiger partial charge is 0.168 e. The minimum absolute atomic E-state index is 0.173. The van der Waals surface area contributed by atoms with Crippen molar-refractivity contribution in [3.63, 3.8) is 0 Å². The first-order valence-corrected chi connectivity index (χ1v) is 9.80. The maximum absolute atomic E-state index is 12.3. The van der Waals surface area contributed by atoms with Crippen molar-refractivity contribution in [1.82, 2.24) is 0 Å². The zero-order chi connectivity index (χ0) is 19.0. The Morgan fingerprint density at radius 2 is 1.35 bits per heavy atom. The highest BCUT2D eigenvalue weighted by Gasteiger charge is 2.22. The summed E-state index contributed by atoms with van der Waals surface area (Å²) in [5.41, 5.74) is 2.66. The highest BCUT2D eigenvalue weighted by atomic mass is 16.5. The van der Waals surface area contributed by atoms with Crippen LogP contribution in [0.5, 0.6) is 5.75 Å². The third-order valence-corrected chi connectivity index (χ3v) is 4.53. The van der Waals surface area contributed by atoms with E-state index in [1.54, 1.807) is 0 Å². The normalized spacial score (nSPS) is 11.4. The van der Waals surface area contributed by atoms with Gasteiger partial charge in [0.05, 0.1) is 6.61 Å². The molecule has 0 aliphatic heterocycles. The fourth-order valence-electron chi connectivity index (χ4n) is 2.89. The van der Waals surface area contributed by atoms with Gasteiger partial charge in [-0.2, -0.15) is 0 Å². The van der Waals surface area contributed by atoms with Gasteiger partial charge >= 0.3 is 0 Å². The highest BCUT2D eigenvalue weighted by Crippen LogP contribution is 2.25. The summed E-state index contributed by atoms with van der Waals surface area (Å²) in [6, 6.07) is 16.1. The largest absolute Gasteiger partial charge is 0.494 e. The Hall–Kier alpha value is -2.09. The van der Waals surface area contributed by atoms with Crippen LogP contribution in [0.2, 0.25) is 0 Å². The van der Waals surface area contributed by atoms with E-state index in [4.69, 9.17) is 4.74 Å². The molecule has 0 aliphatic carbocycles. The van der Waals surface area contributed by atoms with Gasteiger partial charge in [-0.25, -0.2) is 0 Å². The molecule has 0 bridgehead atoms. The Kier molecular flexibility index (Phi) is 7.44. The standard InChI is InChI=1S/C24H32O2/c1-5-6-7-8-9-18-26-22-16-14-20(15-17-22)19-10-12-21(13-11-19)23(25)24(2,3)4/h10-17H,5-9,18H2,1-4H3. The minimum Gasteiger partial charge on any atom is -0.494 e. The molecule has 0 aromatic heterocycles. The summed E-state index contributed by atoms with van der Waals surface area (Å²) in [7, 11) is 0. The summed E-state index contributed by atoms with van der Waals surface area (Å²) in [6.07, 6.45) is 6.24. The average molecular weight is 353 g/mol. The molecule has 0 saturated carbocycles. The first kappa shape index (κ1) is 20.2. The van der Waals surface area contributed by atoms with Gasteiger partial charge in [-0.05, 0) is 29.7 Å². The Morgan fingerprint density at radius 1 is 0.808 bits per heavy atom. The molecule has 2 heteroatoms. The molecule has 0 fully saturated rings. The molecule has 2 rings (SSSR count). The lowest BCUT2D eigenvalue weighted by molar-refractivity contribution is 0.0858. The predicted octanol–water partition coefficient (Wildman–Crippen LogP) is 6.93. The zero-order valence-corrected chi connectivity index (χ0v) is 16.7. The van der Waals surface area contributed by atoms with Crippen molar-refractivity contribution in [3.8, 4) is 16.9 Å². The second-order valence-electron chi connectivity index (χ2n) is 7.94. The van der Waals surface area contributed by atoms with Crippen LogP contribution in [-0.2, 0) is 0 Å². The summed E-state index contributed by atoms with van der Waals surface area (Å²) in [4.78, 5) is 12.3. The van der Waals surface area contributed by atoms with Gasteiger partial charge in [0, 0.05) is 11.0 Å². The van der Waals surface area contributed by atoms with Gasteiger partial charge in [0.15, 0.2) is 5.78 Å². The van der Waals surface area contributed by atoms with E-state index in [9.17, 15) is 4.79 Å². The van der Waals surface area contributed by atoms with Gasteiger partial charge in [0.1, 0.15) is 5.75 Å².